The zero-order valence-electron chi connectivity index (χ0n) is 17.6. The van der Waals surface area contributed by atoms with Crippen molar-refractivity contribution in [2.24, 2.45) is 0 Å². The number of nitrogens with zero attached hydrogens (tertiary/aromatic N) is 2. The molecule has 8 heteroatoms. The van der Waals surface area contributed by atoms with E-state index in [2.05, 4.69) is 15.5 Å². The summed E-state index contributed by atoms with van der Waals surface area (Å²) in [4.78, 5) is 12.7. The number of ether oxygens (including phenoxy) is 3. The summed E-state index contributed by atoms with van der Waals surface area (Å²) in [7, 11) is 3.05. The number of benzene rings is 3. The van der Waals surface area contributed by atoms with Gasteiger partial charge in [0.15, 0.2) is 6.61 Å². The minimum Gasteiger partial charge on any atom is -0.497 e. The van der Waals surface area contributed by atoms with Gasteiger partial charge in [0.2, 0.25) is 5.89 Å². The van der Waals surface area contributed by atoms with Gasteiger partial charge < -0.3 is 23.9 Å². The van der Waals surface area contributed by atoms with Crippen LogP contribution in [0.2, 0.25) is 0 Å². The van der Waals surface area contributed by atoms with Crippen LogP contribution in [0.25, 0.3) is 11.5 Å². The Hall–Kier alpha value is -4.33. The van der Waals surface area contributed by atoms with E-state index in [1.54, 1.807) is 49.6 Å². The van der Waals surface area contributed by atoms with Gasteiger partial charge in [-0.1, -0.05) is 24.3 Å². The second-order valence-corrected chi connectivity index (χ2v) is 6.70. The maximum absolute atomic E-state index is 12.7. The van der Waals surface area contributed by atoms with Crippen molar-refractivity contribution in [2.75, 3.05) is 19.5 Å². The van der Waals surface area contributed by atoms with Crippen molar-refractivity contribution < 1.29 is 23.4 Å². The minimum absolute atomic E-state index is 0.101. The van der Waals surface area contributed by atoms with Crippen molar-refractivity contribution in [1.29, 1.82) is 0 Å². The quantitative estimate of drug-likeness (QED) is 0.436. The lowest BCUT2D eigenvalue weighted by Crippen LogP contribution is -2.13. The topological polar surface area (TPSA) is 95.7 Å². The Morgan fingerprint density at radius 2 is 1.75 bits per heavy atom. The molecular formula is C24H21N3O5. The number of hydrogen-bond donors (Lipinski definition) is 1. The van der Waals surface area contributed by atoms with Crippen LogP contribution in [0, 0.1) is 0 Å². The molecule has 0 bridgehead atoms. The number of carbonyl (C=O) groups is 1. The molecule has 32 heavy (non-hydrogen) atoms. The van der Waals surface area contributed by atoms with Gasteiger partial charge >= 0.3 is 0 Å². The molecule has 0 aliphatic carbocycles. The molecule has 1 heterocycles. The van der Waals surface area contributed by atoms with Crippen LogP contribution < -0.4 is 19.5 Å². The van der Waals surface area contributed by atoms with Crippen molar-refractivity contribution in [3.05, 3.63) is 84.3 Å². The molecule has 162 valence electrons. The Morgan fingerprint density at radius 3 is 2.53 bits per heavy atom. The molecule has 1 N–H and O–H groups in total. The van der Waals surface area contributed by atoms with Gasteiger partial charge in [0.05, 0.1) is 19.8 Å². The summed E-state index contributed by atoms with van der Waals surface area (Å²) in [5, 5.41) is 10.9. The van der Waals surface area contributed by atoms with E-state index in [4.69, 9.17) is 18.6 Å². The van der Waals surface area contributed by atoms with Crippen LogP contribution in [0.3, 0.4) is 0 Å². The predicted octanol–water partition coefficient (Wildman–Crippen LogP) is 4.59. The summed E-state index contributed by atoms with van der Waals surface area (Å²) in [5.74, 6) is 2.03. The molecule has 0 atom stereocenters. The van der Waals surface area contributed by atoms with E-state index in [9.17, 15) is 4.79 Å². The summed E-state index contributed by atoms with van der Waals surface area (Å²) < 4.78 is 21.9. The van der Waals surface area contributed by atoms with Gasteiger partial charge in [-0.15, -0.1) is 10.2 Å². The van der Waals surface area contributed by atoms with Gasteiger partial charge in [-0.25, -0.2) is 0 Å². The molecule has 3 aromatic carbocycles. The predicted molar refractivity (Wildman–Crippen MR) is 118 cm³/mol. The number of hydrogen-bond acceptors (Lipinski definition) is 7. The third-order valence-electron chi connectivity index (χ3n) is 4.60. The summed E-state index contributed by atoms with van der Waals surface area (Å²) in [5.41, 5.74) is 1.80. The van der Waals surface area contributed by atoms with Crippen molar-refractivity contribution >= 4 is 11.6 Å². The smallest absolute Gasteiger partial charge is 0.259 e. The van der Waals surface area contributed by atoms with Crippen molar-refractivity contribution in [3.8, 4) is 28.7 Å². The third kappa shape index (κ3) is 4.86. The third-order valence-corrected chi connectivity index (χ3v) is 4.60. The van der Waals surface area contributed by atoms with Crippen LogP contribution in [0.1, 0.15) is 16.2 Å². The van der Waals surface area contributed by atoms with E-state index in [1.165, 1.54) is 7.11 Å². The molecule has 1 aromatic heterocycles. The Morgan fingerprint density at radius 1 is 0.906 bits per heavy atom. The number of carbonyl (C=O) groups excluding carboxylic acids is 1. The van der Waals surface area contributed by atoms with Gasteiger partial charge in [-0.05, 0) is 36.4 Å². The molecule has 0 aliphatic rings. The highest BCUT2D eigenvalue weighted by Gasteiger charge is 2.14. The molecule has 0 saturated heterocycles. The zero-order valence-corrected chi connectivity index (χ0v) is 17.6. The SMILES string of the molecule is COc1ccc(C(=O)Nc2cccc(OCc3nnc(-c4ccccc4)o3)c2)c(OC)c1. The van der Waals surface area contributed by atoms with Gasteiger partial charge in [-0.3, -0.25) is 4.79 Å². The largest absolute Gasteiger partial charge is 0.497 e. The van der Waals surface area contributed by atoms with Crippen LogP contribution >= 0.6 is 0 Å². The Labute approximate surface area is 184 Å². The Kier molecular flexibility index (Phi) is 6.31. The number of anilines is 1. The van der Waals surface area contributed by atoms with Gasteiger partial charge in [0.1, 0.15) is 17.2 Å². The van der Waals surface area contributed by atoms with Gasteiger partial charge in [0.25, 0.3) is 11.8 Å². The zero-order chi connectivity index (χ0) is 22.3. The second-order valence-electron chi connectivity index (χ2n) is 6.70. The highest BCUT2D eigenvalue weighted by atomic mass is 16.5. The highest BCUT2D eigenvalue weighted by molar-refractivity contribution is 6.06. The number of amides is 1. The lowest BCUT2D eigenvalue weighted by atomic mass is 10.1. The number of rotatable bonds is 8. The van der Waals surface area contributed by atoms with E-state index in [0.29, 0.717) is 40.3 Å². The molecule has 4 aromatic rings. The summed E-state index contributed by atoms with van der Waals surface area (Å²) in [6.45, 7) is 0.101. The van der Waals surface area contributed by atoms with Crippen molar-refractivity contribution in [1.82, 2.24) is 10.2 Å². The van der Waals surface area contributed by atoms with E-state index < -0.39 is 0 Å². The van der Waals surface area contributed by atoms with E-state index >= 15 is 0 Å². The molecule has 0 unspecified atom stereocenters. The maximum Gasteiger partial charge on any atom is 0.259 e. The molecule has 0 spiro atoms. The molecule has 0 fully saturated rings. The Balaban J connectivity index is 1.41. The number of methoxy groups -OCH3 is 2. The van der Waals surface area contributed by atoms with Crippen LogP contribution in [-0.2, 0) is 6.61 Å². The highest BCUT2D eigenvalue weighted by Crippen LogP contribution is 2.26. The van der Waals surface area contributed by atoms with Crippen LogP contribution in [-0.4, -0.2) is 30.3 Å². The van der Waals surface area contributed by atoms with E-state index in [0.717, 1.165) is 5.56 Å². The Bertz CT molecular complexity index is 1210. The molecule has 0 saturated carbocycles. The molecule has 0 radical (unpaired) electrons. The van der Waals surface area contributed by atoms with Gasteiger partial charge in [-0.2, -0.15) is 0 Å². The summed E-state index contributed by atoms with van der Waals surface area (Å²) in [6.07, 6.45) is 0. The normalized spacial score (nSPS) is 10.4. The first-order chi connectivity index (χ1) is 15.7. The van der Waals surface area contributed by atoms with E-state index in [-0.39, 0.29) is 12.5 Å². The number of nitrogens with one attached hydrogen (secondary N) is 1. The summed E-state index contributed by atoms with van der Waals surface area (Å²) in [6, 6.07) is 21.5. The summed E-state index contributed by atoms with van der Waals surface area (Å²) >= 11 is 0. The fourth-order valence-electron chi connectivity index (χ4n) is 3.00. The average molecular weight is 431 g/mol. The fraction of sp³-hybridized carbons (Fsp3) is 0.125. The monoisotopic (exact) mass is 431 g/mol. The van der Waals surface area contributed by atoms with Gasteiger partial charge in [0, 0.05) is 23.4 Å². The van der Waals surface area contributed by atoms with Crippen molar-refractivity contribution in [2.45, 2.75) is 6.61 Å². The first-order valence-electron chi connectivity index (χ1n) is 9.80. The number of aromatic nitrogens is 2. The van der Waals surface area contributed by atoms with Crippen LogP contribution in [0.4, 0.5) is 5.69 Å². The molecular weight excluding hydrogens is 410 g/mol. The first-order valence-corrected chi connectivity index (χ1v) is 9.80. The van der Waals surface area contributed by atoms with Crippen molar-refractivity contribution in [3.63, 3.8) is 0 Å². The lowest BCUT2D eigenvalue weighted by Gasteiger charge is -2.11. The maximum atomic E-state index is 12.7. The van der Waals surface area contributed by atoms with Crippen LogP contribution in [0.15, 0.2) is 77.2 Å². The molecule has 1 amide bonds. The molecule has 4 rings (SSSR count). The molecule has 8 nitrogen and oxygen atoms in total. The molecule has 0 aliphatic heterocycles. The van der Waals surface area contributed by atoms with E-state index in [1.807, 2.05) is 30.3 Å². The minimum atomic E-state index is -0.314. The fourth-order valence-corrected chi connectivity index (χ4v) is 3.00. The standard InChI is InChI=1S/C24H21N3O5/c1-29-18-11-12-20(21(14-18)30-2)23(28)25-17-9-6-10-19(13-17)31-15-22-26-27-24(32-22)16-7-4-3-5-8-16/h3-14H,15H2,1-2H3,(H,25,28). The van der Waals surface area contributed by atoms with Crippen LogP contribution in [0.5, 0.6) is 17.2 Å². The second kappa shape index (κ2) is 9.65. The first kappa shape index (κ1) is 20.9. The lowest BCUT2D eigenvalue weighted by molar-refractivity contribution is 0.102. The average Bonchev–Trinajstić information content (AvgIpc) is 3.32.